The summed E-state index contributed by atoms with van der Waals surface area (Å²) < 4.78 is 5.36. The molecular weight excluding hydrogens is 372 g/mol. The summed E-state index contributed by atoms with van der Waals surface area (Å²) in [6, 6.07) is 21.1. The van der Waals surface area contributed by atoms with Crippen molar-refractivity contribution in [3.05, 3.63) is 105 Å². The molecule has 4 aromatic rings. The Kier molecular flexibility index (Phi) is 4.62. The monoisotopic (exact) mass is 386 g/mol. The second-order valence-corrected chi connectivity index (χ2v) is 6.32. The first kappa shape index (κ1) is 18.1. The number of hydrogen-bond donors (Lipinski definition) is 1. The molecular formula is C22H14N2O5. The van der Waals surface area contributed by atoms with Gasteiger partial charge in [-0.1, -0.05) is 30.3 Å². The lowest BCUT2D eigenvalue weighted by molar-refractivity contribution is -0.384. The van der Waals surface area contributed by atoms with E-state index in [4.69, 9.17) is 4.42 Å². The number of carbonyl (C=O) groups excluding carboxylic acids is 1. The summed E-state index contributed by atoms with van der Waals surface area (Å²) in [7, 11) is 0. The van der Waals surface area contributed by atoms with E-state index in [-0.39, 0.29) is 5.69 Å². The fourth-order valence-corrected chi connectivity index (χ4v) is 2.96. The van der Waals surface area contributed by atoms with Crippen LogP contribution in [-0.4, -0.2) is 10.8 Å². The fraction of sp³-hybridized carbons (Fsp3) is 0. The summed E-state index contributed by atoms with van der Waals surface area (Å²) in [5, 5.41) is 14.2. The summed E-state index contributed by atoms with van der Waals surface area (Å²) in [6.45, 7) is 0. The van der Waals surface area contributed by atoms with E-state index in [2.05, 4.69) is 5.32 Å². The van der Waals surface area contributed by atoms with E-state index in [1.165, 1.54) is 24.3 Å². The molecule has 1 aromatic heterocycles. The molecule has 0 atom stereocenters. The van der Waals surface area contributed by atoms with Gasteiger partial charge in [-0.05, 0) is 42.0 Å². The second kappa shape index (κ2) is 7.40. The highest BCUT2D eigenvalue weighted by Crippen LogP contribution is 2.23. The summed E-state index contributed by atoms with van der Waals surface area (Å²) in [5.41, 5.74) is 1.62. The molecule has 0 aliphatic rings. The number of amides is 1. The van der Waals surface area contributed by atoms with Gasteiger partial charge >= 0.3 is 5.63 Å². The Morgan fingerprint density at radius 1 is 0.931 bits per heavy atom. The summed E-state index contributed by atoms with van der Waals surface area (Å²) >= 11 is 0. The molecule has 0 aliphatic carbocycles. The normalized spacial score (nSPS) is 10.6. The van der Waals surface area contributed by atoms with Crippen LogP contribution in [0, 0.1) is 10.1 Å². The van der Waals surface area contributed by atoms with E-state index in [0.29, 0.717) is 28.0 Å². The Hall–Kier alpha value is -4.26. The smallest absolute Gasteiger partial charge is 0.344 e. The number of nitrogens with one attached hydrogen (secondary N) is 1. The van der Waals surface area contributed by atoms with Crippen molar-refractivity contribution < 1.29 is 14.1 Å². The largest absolute Gasteiger partial charge is 0.422 e. The van der Waals surface area contributed by atoms with Crippen LogP contribution in [0.3, 0.4) is 0 Å². The molecule has 0 saturated carbocycles. The van der Waals surface area contributed by atoms with Gasteiger partial charge in [0.05, 0.1) is 10.5 Å². The lowest BCUT2D eigenvalue weighted by atomic mass is 10.0. The average molecular weight is 386 g/mol. The van der Waals surface area contributed by atoms with Crippen LogP contribution >= 0.6 is 0 Å². The predicted octanol–water partition coefficient (Wildman–Crippen LogP) is 4.62. The number of rotatable bonds is 4. The molecule has 29 heavy (non-hydrogen) atoms. The molecule has 0 radical (unpaired) electrons. The highest BCUT2D eigenvalue weighted by Gasteiger charge is 2.12. The molecule has 0 fully saturated rings. The molecule has 1 N–H and O–H groups in total. The zero-order valence-corrected chi connectivity index (χ0v) is 15.0. The maximum Gasteiger partial charge on any atom is 0.344 e. The van der Waals surface area contributed by atoms with Gasteiger partial charge in [-0.25, -0.2) is 4.79 Å². The highest BCUT2D eigenvalue weighted by atomic mass is 16.6. The van der Waals surface area contributed by atoms with Crippen molar-refractivity contribution in [1.29, 1.82) is 0 Å². The zero-order chi connectivity index (χ0) is 20.4. The number of benzene rings is 3. The van der Waals surface area contributed by atoms with Gasteiger partial charge in [0.1, 0.15) is 5.58 Å². The number of nitro benzene ring substituents is 1. The van der Waals surface area contributed by atoms with Gasteiger partial charge < -0.3 is 9.73 Å². The van der Waals surface area contributed by atoms with Crippen LogP contribution in [0.15, 0.2) is 88.1 Å². The Balaban J connectivity index is 1.63. The number of hydrogen-bond acceptors (Lipinski definition) is 5. The quantitative estimate of drug-likeness (QED) is 0.313. The number of non-ortho nitro benzene ring substituents is 1. The number of nitrogens with zero attached hydrogens (tertiary/aromatic N) is 1. The van der Waals surface area contributed by atoms with Gasteiger partial charge in [0.2, 0.25) is 0 Å². The maximum atomic E-state index is 12.6. The van der Waals surface area contributed by atoms with Crippen LogP contribution in [0.25, 0.3) is 22.1 Å². The van der Waals surface area contributed by atoms with Gasteiger partial charge in [-0.3, -0.25) is 14.9 Å². The Bertz CT molecular complexity index is 1290. The van der Waals surface area contributed by atoms with Crippen LogP contribution < -0.4 is 10.9 Å². The Labute approximate surface area is 164 Å². The van der Waals surface area contributed by atoms with Crippen LogP contribution in [0.4, 0.5) is 11.4 Å². The zero-order valence-electron chi connectivity index (χ0n) is 15.0. The van der Waals surface area contributed by atoms with Gasteiger partial charge in [-0.15, -0.1) is 0 Å². The van der Waals surface area contributed by atoms with Gasteiger partial charge in [0.25, 0.3) is 11.6 Å². The standard InChI is InChI=1S/C22H14N2O5/c25-21(23-17-8-10-18(11-9-17)24(27)28)16-6-3-5-14(12-16)19-13-15-4-1-2-7-20(15)29-22(19)26/h1-13H,(H,23,25). The number of carbonyl (C=O) groups is 1. The van der Waals surface area contributed by atoms with E-state index in [1.54, 1.807) is 42.5 Å². The lowest BCUT2D eigenvalue weighted by Crippen LogP contribution is -2.12. The van der Waals surface area contributed by atoms with Crippen LogP contribution in [-0.2, 0) is 0 Å². The minimum Gasteiger partial charge on any atom is -0.422 e. The van der Waals surface area contributed by atoms with Crippen LogP contribution in [0.1, 0.15) is 10.4 Å². The molecule has 7 heteroatoms. The van der Waals surface area contributed by atoms with Crippen molar-refractivity contribution >= 4 is 28.3 Å². The molecule has 0 unspecified atom stereocenters. The third-order valence-electron chi connectivity index (χ3n) is 4.41. The molecule has 142 valence electrons. The van der Waals surface area contributed by atoms with Crippen molar-refractivity contribution in [1.82, 2.24) is 0 Å². The molecule has 0 bridgehead atoms. The van der Waals surface area contributed by atoms with Gasteiger partial charge in [-0.2, -0.15) is 0 Å². The van der Waals surface area contributed by atoms with E-state index < -0.39 is 16.5 Å². The van der Waals surface area contributed by atoms with Crippen molar-refractivity contribution in [3.63, 3.8) is 0 Å². The van der Waals surface area contributed by atoms with Crippen molar-refractivity contribution in [2.45, 2.75) is 0 Å². The second-order valence-electron chi connectivity index (χ2n) is 6.32. The molecule has 4 rings (SSSR count). The van der Waals surface area contributed by atoms with E-state index in [1.807, 2.05) is 12.1 Å². The van der Waals surface area contributed by atoms with E-state index in [9.17, 15) is 19.7 Å². The number of anilines is 1. The number of nitro groups is 1. The molecule has 0 saturated heterocycles. The minimum absolute atomic E-state index is 0.0620. The first-order valence-corrected chi connectivity index (χ1v) is 8.70. The van der Waals surface area contributed by atoms with E-state index in [0.717, 1.165) is 5.39 Å². The molecule has 3 aromatic carbocycles. The minimum atomic E-state index is -0.510. The predicted molar refractivity (Wildman–Crippen MR) is 109 cm³/mol. The molecule has 1 heterocycles. The molecule has 0 aliphatic heterocycles. The van der Waals surface area contributed by atoms with E-state index >= 15 is 0 Å². The maximum absolute atomic E-state index is 12.6. The van der Waals surface area contributed by atoms with Crippen molar-refractivity contribution in [3.8, 4) is 11.1 Å². The molecule has 1 amide bonds. The summed E-state index contributed by atoms with van der Waals surface area (Å²) in [5.74, 6) is -0.397. The average Bonchev–Trinajstić information content (AvgIpc) is 2.73. The third kappa shape index (κ3) is 3.74. The van der Waals surface area contributed by atoms with Crippen molar-refractivity contribution in [2.24, 2.45) is 0 Å². The van der Waals surface area contributed by atoms with Crippen LogP contribution in [0.2, 0.25) is 0 Å². The fourth-order valence-electron chi connectivity index (χ4n) is 2.96. The van der Waals surface area contributed by atoms with Gasteiger partial charge in [0, 0.05) is 28.8 Å². The topological polar surface area (TPSA) is 102 Å². The lowest BCUT2D eigenvalue weighted by Gasteiger charge is -2.07. The first-order valence-electron chi connectivity index (χ1n) is 8.70. The van der Waals surface area contributed by atoms with Gasteiger partial charge in [0.15, 0.2) is 0 Å². The van der Waals surface area contributed by atoms with Crippen LogP contribution in [0.5, 0.6) is 0 Å². The number of para-hydroxylation sites is 1. The molecule has 0 spiro atoms. The third-order valence-corrected chi connectivity index (χ3v) is 4.41. The highest BCUT2D eigenvalue weighted by molar-refractivity contribution is 6.05. The molecule has 7 nitrogen and oxygen atoms in total. The summed E-state index contributed by atoms with van der Waals surface area (Å²) in [6.07, 6.45) is 0. The summed E-state index contributed by atoms with van der Waals surface area (Å²) in [4.78, 5) is 35.2. The Morgan fingerprint density at radius 2 is 1.69 bits per heavy atom. The van der Waals surface area contributed by atoms with Crippen molar-refractivity contribution in [2.75, 3.05) is 5.32 Å². The Morgan fingerprint density at radius 3 is 2.45 bits per heavy atom. The first-order chi connectivity index (χ1) is 14.0. The number of fused-ring (bicyclic) bond motifs is 1. The SMILES string of the molecule is O=C(Nc1ccc([N+](=O)[O-])cc1)c1cccc(-c2cc3ccccc3oc2=O)c1.